The number of phenols is 1. The minimum Gasteiger partial charge on any atom is -0.508 e. The fraction of sp³-hybridized carbons (Fsp3) is 0.278. The van der Waals surface area contributed by atoms with Crippen molar-refractivity contribution in [3.05, 3.63) is 60.2 Å². The lowest BCUT2D eigenvalue weighted by atomic mass is 10.1. The third-order valence-corrected chi connectivity index (χ3v) is 6.08. The highest BCUT2D eigenvalue weighted by Crippen LogP contribution is 2.21. The Bertz CT molecular complexity index is 835. The second kappa shape index (κ2) is 7.25. The second-order valence-electron chi connectivity index (χ2n) is 6.07. The van der Waals surface area contributed by atoms with Gasteiger partial charge in [-0.05, 0) is 36.2 Å². The highest BCUT2D eigenvalue weighted by Gasteiger charge is 2.33. The molecule has 7 heteroatoms. The molecular formula is C18H20N2O4S. The summed E-state index contributed by atoms with van der Waals surface area (Å²) in [6, 6.07) is 14.6. The molecule has 0 bridgehead atoms. The van der Waals surface area contributed by atoms with Gasteiger partial charge in [0, 0.05) is 19.1 Å². The Morgan fingerprint density at radius 3 is 2.48 bits per heavy atom. The third-order valence-electron chi connectivity index (χ3n) is 4.20. The molecule has 2 N–H and O–H groups in total. The van der Waals surface area contributed by atoms with Crippen molar-refractivity contribution in [2.45, 2.75) is 23.8 Å². The van der Waals surface area contributed by atoms with Gasteiger partial charge < -0.3 is 10.4 Å². The molecule has 0 radical (unpaired) electrons. The fourth-order valence-corrected chi connectivity index (χ4v) is 4.40. The number of amides is 1. The Labute approximate surface area is 147 Å². The summed E-state index contributed by atoms with van der Waals surface area (Å²) in [5.74, 6) is -0.00337. The zero-order valence-electron chi connectivity index (χ0n) is 13.6. The number of hydrogen-bond acceptors (Lipinski definition) is 4. The molecule has 0 saturated carbocycles. The van der Waals surface area contributed by atoms with Crippen molar-refractivity contribution in [1.82, 2.24) is 9.62 Å². The van der Waals surface area contributed by atoms with E-state index in [4.69, 9.17) is 0 Å². The van der Waals surface area contributed by atoms with E-state index in [2.05, 4.69) is 5.32 Å². The summed E-state index contributed by atoms with van der Waals surface area (Å²) in [7, 11) is -3.52. The molecule has 1 aliphatic rings. The predicted octanol–water partition coefficient (Wildman–Crippen LogP) is 1.51. The lowest BCUT2D eigenvalue weighted by Gasteiger charge is -2.17. The van der Waals surface area contributed by atoms with E-state index in [1.54, 1.807) is 42.5 Å². The van der Waals surface area contributed by atoms with Crippen molar-refractivity contribution in [1.29, 1.82) is 0 Å². The quantitative estimate of drug-likeness (QED) is 0.846. The molecule has 2 aromatic rings. The highest BCUT2D eigenvalue weighted by atomic mass is 32.2. The van der Waals surface area contributed by atoms with Crippen LogP contribution in [-0.2, 0) is 21.2 Å². The monoisotopic (exact) mass is 360 g/mol. The molecule has 132 valence electrons. The van der Waals surface area contributed by atoms with Crippen molar-refractivity contribution < 1.29 is 18.3 Å². The normalized spacial score (nSPS) is 18.2. The third kappa shape index (κ3) is 4.18. The van der Waals surface area contributed by atoms with Crippen molar-refractivity contribution in [2.75, 3.05) is 13.1 Å². The number of sulfonamides is 1. The van der Waals surface area contributed by atoms with E-state index in [0.717, 1.165) is 5.56 Å². The minimum absolute atomic E-state index is 0.154. The van der Waals surface area contributed by atoms with E-state index in [-0.39, 0.29) is 35.6 Å². The smallest absolute Gasteiger partial charge is 0.243 e. The molecule has 1 saturated heterocycles. The molecule has 3 rings (SSSR count). The molecule has 2 aromatic carbocycles. The van der Waals surface area contributed by atoms with Crippen LogP contribution in [0.3, 0.4) is 0 Å². The standard InChI is InChI=1S/C18H20N2O4S/c21-16-8-6-14(7-9-16)12-18(22)19-15-10-11-20(13-15)25(23,24)17-4-2-1-3-5-17/h1-9,15,21H,10-13H2,(H,19,22). The zero-order chi connectivity index (χ0) is 17.9. The van der Waals surface area contributed by atoms with Crippen LogP contribution < -0.4 is 5.32 Å². The van der Waals surface area contributed by atoms with Gasteiger partial charge in [-0.25, -0.2) is 8.42 Å². The number of nitrogens with zero attached hydrogens (tertiary/aromatic N) is 1. The Balaban J connectivity index is 1.58. The maximum absolute atomic E-state index is 12.6. The summed E-state index contributed by atoms with van der Waals surface area (Å²) >= 11 is 0. The largest absolute Gasteiger partial charge is 0.508 e. The van der Waals surface area contributed by atoms with Gasteiger partial charge in [0.25, 0.3) is 0 Å². The first-order chi connectivity index (χ1) is 11.9. The number of carbonyl (C=O) groups excluding carboxylic acids is 1. The van der Waals surface area contributed by atoms with Gasteiger partial charge >= 0.3 is 0 Å². The molecule has 6 nitrogen and oxygen atoms in total. The van der Waals surface area contributed by atoms with Crippen LogP contribution in [-0.4, -0.2) is 42.9 Å². The van der Waals surface area contributed by atoms with E-state index in [9.17, 15) is 18.3 Å². The number of hydrogen-bond donors (Lipinski definition) is 2. The number of phenolic OH excluding ortho intramolecular Hbond substituents is 1. The van der Waals surface area contributed by atoms with Crippen LogP contribution >= 0.6 is 0 Å². The van der Waals surface area contributed by atoms with Crippen LogP contribution in [0.5, 0.6) is 5.75 Å². The Morgan fingerprint density at radius 1 is 1.12 bits per heavy atom. The summed E-state index contributed by atoms with van der Waals surface area (Å²) in [5.41, 5.74) is 0.794. The Morgan fingerprint density at radius 2 is 1.80 bits per heavy atom. The van der Waals surface area contributed by atoms with Gasteiger partial charge in [-0.3, -0.25) is 4.79 Å². The van der Waals surface area contributed by atoms with E-state index < -0.39 is 10.0 Å². The van der Waals surface area contributed by atoms with E-state index in [1.165, 1.54) is 16.4 Å². The Hall–Kier alpha value is -2.38. The minimum atomic E-state index is -3.52. The molecule has 1 atom stereocenters. The molecule has 1 amide bonds. The van der Waals surface area contributed by atoms with Crippen molar-refractivity contribution in [2.24, 2.45) is 0 Å². The molecule has 25 heavy (non-hydrogen) atoms. The first kappa shape index (κ1) is 17.4. The number of rotatable bonds is 5. The van der Waals surface area contributed by atoms with Gasteiger partial charge in [-0.2, -0.15) is 4.31 Å². The molecule has 1 fully saturated rings. The number of aromatic hydroxyl groups is 1. The first-order valence-electron chi connectivity index (χ1n) is 8.07. The number of nitrogens with one attached hydrogen (secondary N) is 1. The summed E-state index contributed by atoms with van der Waals surface area (Å²) < 4.78 is 26.6. The van der Waals surface area contributed by atoms with Crippen LogP contribution in [0.15, 0.2) is 59.5 Å². The topological polar surface area (TPSA) is 86.7 Å². The van der Waals surface area contributed by atoms with Gasteiger partial charge in [-0.1, -0.05) is 30.3 Å². The van der Waals surface area contributed by atoms with E-state index in [1.807, 2.05) is 0 Å². The summed E-state index contributed by atoms with van der Waals surface area (Å²) in [5, 5.41) is 12.1. The molecule has 0 spiro atoms. The zero-order valence-corrected chi connectivity index (χ0v) is 14.4. The summed E-state index contributed by atoms with van der Waals surface area (Å²) in [6.45, 7) is 0.667. The molecular weight excluding hydrogens is 340 g/mol. The molecule has 0 aliphatic carbocycles. The average Bonchev–Trinajstić information content (AvgIpc) is 3.07. The second-order valence-corrected chi connectivity index (χ2v) is 8.01. The van der Waals surface area contributed by atoms with Crippen LogP contribution in [0.2, 0.25) is 0 Å². The van der Waals surface area contributed by atoms with E-state index in [0.29, 0.717) is 13.0 Å². The lowest BCUT2D eigenvalue weighted by Crippen LogP contribution is -2.39. The lowest BCUT2D eigenvalue weighted by molar-refractivity contribution is -0.121. The molecule has 1 heterocycles. The van der Waals surface area contributed by atoms with Crippen molar-refractivity contribution in [3.8, 4) is 5.75 Å². The van der Waals surface area contributed by atoms with Crippen LogP contribution in [0.1, 0.15) is 12.0 Å². The predicted molar refractivity (Wildman–Crippen MR) is 93.6 cm³/mol. The number of benzene rings is 2. The highest BCUT2D eigenvalue weighted by molar-refractivity contribution is 7.89. The van der Waals surface area contributed by atoms with Crippen molar-refractivity contribution >= 4 is 15.9 Å². The Kier molecular flexibility index (Phi) is 5.06. The van der Waals surface area contributed by atoms with Gasteiger partial charge in [-0.15, -0.1) is 0 Å². The van der Waals surface area contributed by atoms with Crippen molar-refractivity contribution in [3.63, 3.8) is 0 Å². The van der Waals surface area contributed by atoms with Gasteiger partial charge in [0.05, 0.1) is 11.3 Å². The first-order valence-corrected chi connectivity index (χ1v) is 9.51. The average molecular weight is 360 g/mol. The van der Waals surface area contributed by atoms with E-state index >= 15 is 0 Å². The fourth-order valence-electron chi connectivity index (χ4n) is 2.88. The van der Waals surface area contributed by atoms with Crippen LogP contribution in [0, 0.1) is 0 Å². The number of carbonyl (C=O) groups is 1. The maximum Gasteiger partial charge on any atom is 0.243 e. The molecule has 1 unspecified atom stereocenters. The summed E-state index contributed by atoms with van der Waals surface area (Å²) in [6.07, 6.45) is 0.787. The van der Waals surface area contributed by atoms with Gasteiger partial charge in [0.15, 0.2) is 0 Å². The maximum atomic E-state index is 12.6. The summed E-state index contributed by atoms with van der Waals surface area (Å²) in [4.78, 5) is 12.4. The van der Waals surface area contributed by atoms with Gasteiger partial charge in [0.1, 0.15) is 5.75 Å². The van der Waals surface area contributed by atoms with Gasteiger partial charge in [0.2, 0.25) is 15.9 Å². The van der Waals surface area contributed by atoms with Crippen LogP contribution in [0.4, 0.5) is 0 Å². The molecule has 0 aromatic heterocycles. The SMILES string of the molecule is O=C(Cc1ccc(O)cc1)NC1CCN(S(=O)(=O)c2ccccc2)C1. The molecule has 1 aliphatic heterocycles. The van der Waals surface area contributed by atoms with Crippen LogP contribution in [0.25, 0.3) is 0 Å².